The van der Waals surface area contributed by atoms with Gasteiger partial charge in [0.1, 0.15) is 6.71 Å². The predicted octanol–water partition coefficient (Wildman–Crippen LogP) is 4.43. The summed E-state index contributed by atoms with van der Waals surface area (Å²) in [4.78, 5) is 0. The van der Waals surface area contributed by atoms with Gasteiger partial charge in [-0.2, -0.15) is 0 Å². The molecule has 0 aromatic rings. The summed E-state index contributed by atoms with van der Waals surface area (Å²) in [5.41, 5.74) is 0. The molecule has 0 aliphatic carbocycles. The van der Waals surface area contributed by atoms with Crippen LogP contribution in [0, 0.1) is 0 Å². The Balaban J connectivity index is 3.43. The van der Waals surface area contributed by atoms with Gasteiger partial charge in [0.25, 0.3) is 0 Å². The molecule has 0 saturated carbocycles. The molecule has 0 unspecified atom stereocenters. The van der Waals surface area contributed by atoms with Gasteiger partial charge in [-0.1, -0.05) is 63.7 Å². The van der Waals surface area contributed by atoms with Crippen molar-refractivity contribution >= 4 is 6.71 Å². The highest BCUT2D eigenvalue weighted by Gasteiger charge is 2.08. The molecule has 0 aliphatic rings. The molecular weight excluding hydrogens is 155 g/mol. The standard InChI is InChI=1S/C12H23B/c1-4-7-8-9-12-13(10-5-2)11-6-3/h5-6H,2-4,7-12H2,1H3. The molecule has 0 spiro atoms. The number of hydrogen-bond donors (Lipinski definition) is 0. The van der Waals surface area contributed by atoms with Crippen LogP contribution in [-0.4, -0.2) is 6.71 Å². The van der Waals surface area contributed by atoms with Gasteiger partial charge in [-0.15, -0.1) is 13.2 Å². The van der Waals surface area contributed by atoms with E-state index in [1.807, 2.05) is 12.2 Å². The van der Waals surface area contributed by atoms with E-state index >= 15 is 0 Å². The molecule has 0 atom stereocenters. The van der Waals surface area contributed by atoms with Crippen molar-refractivity contribution in [3.05, 3.63) is 25.3 Å². The highest BCUT2D eigenvalue weighted by atomic mass is 13.9. The Morgan fingerprint density at radius 3 is 2.08 bits per heavy atom. The molecule has 0 nitrogen and oxygen atoms in total. The van der Waals surface area contributed by atoms with Gasteiger partial charge in [0.15, 0.2) is 0 Å². The topological polar surface area (TPSA) is 0 Å². The van der Waals surface area contributed by atoms with Crippen LogP contribution >= 0.6 is 0 Å². The first-order chi connectivity index (χ1) is 6.35. The Hall–Kier alpha value is -0.455. The molecule has 74 valence electrons. The van der Waals surface area contributed by atoms with Crippen LogP contribution in [0.1, 0.15) is 32.6 Å². The zero-order chi connectivity index (χ0) is 9.94. The van der Waals surface area contributed by atoms with Crippen molar-refractivity contribution in [1.29, 1.82) is 0 Å². The molecule has 0 fully saturated rings. The van der Waals surface area contributed by atoms with E-state index in [0.29, 0.717) is 0 Å². The molecule has 0 N–H and O–H groups in total. The lowest BCUT2D eigenvalue weighted by Crippen LogP contribution is -2.08. The quantitative estimate of drug-likeness (QED) is 0.278. The maximum Gasteiger partial charge on any atom is 0.147 e. The van der Waals surface area contributed by atoms with Crippen LogP contribution in [-0.2, 0) is 0 Å². The summed E-state index contributed by atoms with van der Waals surface area (Å²) >= 11 is 0. The molecule has 0 amide bonds. The monoisotopic (exact) mass is 178 g/mol. The molecule has 0 aromatic heterocycles. The van der Waals surface area contributed by atoms with E-state index < -0.39 is 0 Å². The minimum absolute atomic E-state index is 0.798. The molecule has 0 aromatic carbocycles. The molecule has 0 saturated heterocycles. The van der Waals surface area contributed by atoms with Crippen LogP contribution < -0.4 is 0 Å². The van der Waals surface area contributed by atoms with Gasteiger partial charge in [0.05, 0.1) is 0 Å². The van der Waals surface area contributed by atoms with Crippen molar-refractivity contribution in [3.8, 4) is 0 Å². The second-order valence-electron chi connectivity index (χ2n) is 3.76. The lowest BCUT2D eigenvalue weighted by atomic mass is 9.42. The second-order valence-corrected chi connectivity index (χ2v) is 3.76. The van der Waals surface area contributed by atoms with Gasteiger partial charge in [-0.3, -0.25) is 0 Å². The lowest BCUT2D eigenvalue weighted by molar-refractivity contribution is 0.698. The van der Waals surface area contributed by atoms with Crippen molar-refractivity contribution in [2.45, 2.75) is 51.6 Å². The zero-order valence-corrected chi connectivity index (χ0v) is 9.10. The van der Waals surface area contributed by atoms with Crippen molar-refractivity contribution in [2.24, 2.45) is 0 Å². The Labute approximate surface area is 84.2 Å². The zero-order valence-electron chi connectivity index (χ0n) is 9.10. The van der Waals surface area contributed by atoms with Crippen molar-refractivity contribution in [2.75, 3.05) is 0 Å². The fraction of sp³-hybridized carbons (Fsp3) is 0.667. The smallest absolute Gasteiger partial charge is 0.104 e. The average Bonchev–Trinajstić information content (AvgIpc) is 2.13. The van der Waals surface area contributed by atoms with Crippen LogP contribution in [0.5, 0.6) is 0 Å². The third kappa shape index (κ3) is 7.89. The Morgan fingerprint density at radius 2 is 1.62 bits per heavy atom. The summed E-state index contributed by atoms with van der Waals surface area (Å²) in [5, 5.41) is 0. The van der Waals surface area contributed by atoms with E-state index in [-0.39, 0.29) is 0 Å². The van der Waals surface area contributed by atoms with E-state index in [1.54, 1.807) is 0 Å². The molecule has 0 radical (unpaired) electrons. The molecular formula is C12H23B. The summed E-state index contributed by atoms with van der Waals surface area (Å²) in [6.07, 6.45) is 13.2. The van der Waals surface area contributed by atoms with Crippen LogP contribution in [0.15, 0.2) is 25.3 Å². The Morgan fingerprint density at radius 1 is 1.00 bits per heavy atom. The van der Waals surface area contributed by atoms with Crippen molar-refractivity contribution in [1.82, 2.24) is 0 Å². The SMILES string of the molecule is C=CCB(CC=C)CCCCCC. The minimum atomic E-state index is 0.798. The first-order valence-electron chi connectivity index (χ1n) is 5.56. The van der Waals surface area contributed by atoms with Crippen LogP contribution in [0.25, 0.3) is 0 Å². The summed E-state index contributed by atoms with van der Waals surface area (Å²) in [6.45, 7) is 10.6. The largest absolute Gasteiger partial charge is 0.147 e. The highest BCUT2D eigenvalue weighted by molar-refractivity contribution is 6.59. The number of allylic oxidation sites excluding steroid dienone is 2. The van der Waals surface area contributed by atoms with Gasteiger partial charge < -0.3 is 0 Å². The molecule has 0 heterocycles. The second kappa shape index (κ2) is 9.63. The highest BCUT2D eigenvalue weighted by Crippen LogP contribution is 2.12. The van der Waals surface area contributed by atoms with Gasteiger partial charge >= 0.3 is 0 Å². The van der Waals surface area contributed by atoms with Gasteiger partial charge in [-0.05, 0) is 0 Å². The minimum Gasteiger partial charge on any atom is -0.104 e. The third-order valence-corrected chi connectivity index (χ3v) is 2.47. The average molecular weight is 178 g/mol. The van der Waals surface area contributed by atoms with E-state index in [1.165, 1.54) is 32.0 Å². The van der Waals surface area contributed by atoms with Gasteiger partial charge in [0, 0.05) is 0 Å². The summed E-state index contributed by atoms with van der Waals surface area (Å²) in [6, 6.07) is 0. The van der Waals surface area contributed by atoms with Crippen molar-refractivity contribution < 1.29 is 0 Å². The maximum atomic E-state index is 3.79. The van der Waals surface area contributed by atoms with E-state index in [0.717, 1.165) is 19.4 Å². The van der Waals surface area contributed by atoms with E-state index in [2.05, 4.69) is 20.1 Å². The molecule has 0 bridgehead atoms. The number of unbranched alkanes of at least 4 members (excludes halogenated alkanes) is 3. The van der Waals surface area contributed by atoms with Gasteiger partial charge in [0.2, 0.25) is 0 Å². The number of hydrogen-bond acceptors (Lipinski definition) is 0. The molecule has 0 aliphatic heterocycles. The first kappa shape index (κ1) is 12.5. The molecule has 0 rings (SSSR count). The van der Waals surface area contributed by atoms with Crippen LogP contribution in [0.4, 0.5) is 0 Å². The van der Waals surface area contributed by atoms with Crippen molar-refractivity contribution in [3.63, 3.8) is 0 Å². The molecule has 1 heteroatoms. The third-order valence-electron chi connectivity index (χ3n) is 2.47. The normalized spacial score (nSPS) is 9.62. The van der Waals surface area contributed by atoms with Crippen LogP contribution in [0.2, 0.25) is 19.0 Å². The summed E-state index contributed by atoms with van der Waals surface area (Å²) in [5.74, 6) is 0. The lowest BCUT2D eigenvalue weighted by Gasteiger charge is -2.08. The molecule has 13 heavy (non-hydrogen) atoms. The fourth-order valence-electron chi connectivity index (χ4n) is 1.66. The Kier molecular flexibility index (Phi) is 9.29. The summed E-state index contributed by atoms with van der Waals surface area (Å²) < 4.78 is 0. The fourth-order valence-corrected chi connectivity index (χ4v) is 1.66. The number of rotatable bonds is 9. The maximum absolute atomic E-state index is 3.79. The first-order valence-corrected chi connectivity index (χ1v) is 5.56. The van der Waals surface area contributed by atoms with E-state index in [9.17, 15) is 0 Å². The summed E-state index contributed by atoms with van der Waals surface area (Å²) in [7, 11) is 0. The van der Waals surface area contributed by atoms with E-state index in [4.69, 9.17) is 0 Å². The Bertz CT molecular complexity index is 119. The van der Waals surface area contributed by atoms with Crippen LogP contribution in [0.3, 0.4) is 0 Å². The van der Waals surface area contributed by atoms with Gasteiger partial charge in [-0.25, -0.2) is 0 Å². The predicted molar refractivity (Wildman–Crippen MR) is 64.7 cm³/mol.